The second-order valence-electron chi connectivity index (χ2n) is 4.16. The summed E-state index contributed by atoms with van der Waals surface area (Å²) in [4.78, 5) is 19.2. The molecule has 108 valence electrons. The zero-order valence-corrected chi connectivity index (χ0v) is 12.2. The van der Waals surface area contributed by atoms with Gasteiger partial charge < -0.3 is 10.0 Å². The molecule has 5 nitrogen and oxygen atoms in total. The molecule has 1 saturated heterocycles. The largest absolute Gasteiger partial charge is 0.481 e. The Labute approximate surface area is 125 Å². The second kappa shape index (κ2) is 8.96. The average molecular weight is 308 g/mol. The number of aliphatic carboxylic acids is 1. The highest BCUT2D eigenvalue weighted by Crippen LogP contribution is 2.12. The fourth-order valence-corrected chi connectivity index (χ4v) is 2.00. The van der Waals surface area contributed by atoms with E-state index in [9.17, 15) is 4.79 Å². The van der Waals surface area contributed by atoms with Gasteiger partial charge in [-0.25, -0.2) is 4.98 Å². The molecular weight excluding hydrogens is 289 g/mol. The van der Waals surface area contributed by atoms with Gasteiger partial charge in [-0.05, 0) is 12.1 Å². The number of nitrogens with zero attached hydrogens (tertiary/aromatic N) is 3. The number of carboxylic acid groups (broad SMARTS) is 1. The highest BCUT2D eigenvalue weighted by molar-refractivity contribution is 5.85. The van der Waals surface area contributed by atoms with Gasteiger partial charge in [0.1, 0.15) is 5.82 Å². The molecule has 1 aromatic heterocycles. The van der Waals surface area contributed by atoms with Gasteiger partial charge in [0, 0.05) is 38.9 Å². The number of anilines is 1. The third kappa shape index (κ3) is 5.63. The molecule has 1 fully saturated rings. The van der Waals surface area contributed by atoms with E-state index in [0.717, 1.165) is 32.0 Å². The SMILES string of the molecule is Cl.Cl.O=C(O)CCN1CCN(c2ccccn2)CC1. The number of piperazine rings is 1. The Hall–Kier alpha value is -1.04. The van der Waals surface area contributed by atoms with Crippen molar-refractivity contribution in [3.8, 4) is 0 Å². The molecule has 1 aromatic rings. The maximum Gasteiger partial charge on any atom is 0.304 e. The molecule has 0 atom stereocenters. The van der Waals surface area contributed by atoms with Crippen molar-refractivity contribution in [3.05, 3.63) is 24.4 Å². The predicted molar refractivity (Wildman–Crippen MR) is 79.6 cm³/mol. The summed E-state index contributed by atoms with van der Waals surface area (Å²) in [5.41, 5.74) is 0. The maximum absolute atomic E-state index is 10.5. The van der Waals surface area contributed by atoms with Gasteiger partial charge in [0.2, 0.25) is 0 Å². The molecule has 2 heterocycles. The van der Waals surface area contributed by atoms with Gasteiger partial charge in [0.05, 0.1) is 6.42 Å². The first kappa shape index (κ1) is 18.0. The van der Waals surface area contributed by atoms with E-state index in [-0.39, 0.29) is 31.2 Å². The fraction of sp³-hybridized carbons (Fsp3) is 0.500. The molecule has 0 amide bonds. The molecule has 0 aromatic carbocycles. The van der Waals surface area contributed by atoms with Crippen molar-refractivity contribution in [2.75, 3.05) is 37.6 Å². The summed E-state index contributed by atoms with van der Waals surface area (Å²) in [5.74, 6) is 0.280. The van der Waals surface area contributed by atoms with E-state index < -0.39 is 5.97 Å². The van der Waals surface area contributed by atoms with Crippen molar-refractivity contribution >= 4 is 36.6 Å². The molecule has 1 aliphatic rings. The number of hydrogen-bond acceptors (Lipinski definition) is 4. The molecule has 7 heteroatoms. The van der Waals surface area contributed by atoms with Crippen LogP contribution in [0.3, 0.4) is 0 Å². The third-order valence-corrected chi connectivity index (χ3v) is 2.99. The van der Waals surface area contributed by atoms with E-state index in [2.05, 4.69) is 14.8 Å². The van der Waals surface area contributed by atoms with E-state index in [1.807, 2.05) is 18.2 Å². The number of rotatable bonds is 4. The summed E-state index contributed by atoms with van der Waals surface area (Å²) in [6.45, 7) is 4.28. The van der Waals surface area contributed by atoms with Crippen LogP contribution in [0.15, 0.2) is 24.4 Å². The van der Waals surface area contributed by atoms with Crippen LogP contribution in [0.25, 0.3) is 0 Å². The standard InChI is InChI=1S/C12H17N3O2.2ClH/c16-12(17)4-6-14-7-9-15(10-8-14)11-3-1-2-5-13-11;;/h1-3,5H,4,6-10H2,(H,16,17);2*1H. The number of halogens is 2. The second-order valence-corrected chi connectivity index (χ2v) is 4.16. The molecule has 0 saturated carbocycles. The van der Waals surface area contributed by atoms with Crippen LogP contribution in [0.1, 0.15) is 6.42 Å². The Morgan fingerprint density at radius 3 is 2.42 bits per heavy atom. The van der Waals surface area contributed by atoms with E-state index in [1.165, 1.54) is 0 Å². The number of pyridine rings is 1. The fourth-order valence-electron chi connectivity index (χ4n) is 2.00. The Balaban J connectivity index is 0.00000162. The lowest BCUT2D eigenvalue weighted by molar-refractivity contribution is -0.137. The van der Waals surface area contributed by atoms with Crippen molar-refractivity contribution in [2.45, 2.75) is 6.42 Å². The van der Waals surface area contributed by atoms with Crippen molar-refractivity contribution in [3.63, 3.8) is 0 Å². The van der Waals surface area contributed by atoms with Gasteiger partial charge >= 0.3 is 5.97 Å². The summed E-state index contributed by atoms with van der Waals surface area (Å²) in [5, 5.41) is 8.63. The van der Waals surface area contributed by atoms with Gasteiger partial charge in [-0.2, -0.15) is 0 Å². The molecule has 0 unspecified atom stereocenters. The van der Waals surface area contributed by atoms with Gasteiger partial charge in [0.25, 0.3) is 0 Å². The first-order valence-corrected chi connectivity index (χ1v) is 5.86. The molecule has 19 heavy (non-hydrogen) atoms. The summed E-state index contributed by atoms with van der Waals surface area (Å²) < 4.78 is 0. The summed E-state index contributed by atoms with van der Waals surface area (Å²) in [6, 6.07) is 5.90. The monoisotopic (exact) mass is 307 g/mol. The Bertz CT molecular complexity index is 370. The molecule has 0 bridgehead atoms. The Morgan fingerprint density at radius 2 is 1.89 bits per heavy atom. The van der Waals surface area contributed by atoms with Gasteiger partial charge in [-0.3, -0.25) is 9.69 Å². The topological polar surface area (TPSA) is 56.7 Å². The van der Waals surface area contributed by atoms with Crippen molar-refractivity contribution in [1.82, 2.24) is 9.88 Å². The summed E-state index contributed by atoms with van der Waals surface area (Å²) >= 11 is 0. The van der Waals surface area contributed by atoms with E-state index >= 15 is 0 Å². The lowest BCUT2D eigenvalue weighted by Gasteiger charge is -2.35. The quantitative estimate of drug-likeness (QED) is 0.914. The third-order valence-electron chi connectivity index (χ3n) is 2.99. The molecule has 0 spiro atoms. The normalized spacial score (nSPS) is 15.3. The minimum atomic E-state index is -0.725. The smallest absolute Gasteiger partial charge is 0.304 e. The highest BCUT2D eigenvalue weighted by Gasteiger charge is 2.17. The molecule has 1 aliphatic heterocycles. The van der Waals surface area contributed by atoms with Gasteiger partial charge in [-0.1, -0.05) is 6.07 Å². The number of carbonyl (C=O) groups is 1. The van der Waals surface area contributed by atoms with Crippen molar-refractivity contribution in [1.29, 1.82) is 0 Å². The minimum absolute atomic E-state index is 0. The molecular formula is C12H19Cl2N3O2. The summed E-state index contributed by atoms with van der Waals surface area (Å²) in [6.07, 6.45) is 2.02. The van der Waals surface area contributed by atoms with Gasteiger partial charge in [0.15, 0.2) is 0 Å². The van der Waals surface area contributed by atoms with Crippen molar-refractivity contribution < 1.29 is 9.90 Å². The zero-order chi connectivity index (χ0) is 12.1. The lowest BCUT2D eigenvalue weighted by atomic mass is 10.3. The minimum Gasteiger partial charge on any atom is -0.481 e. The van der Waals surface area contributed by atoms with Crippen LogP contribution in [-0.4, -0.2) is 53.7 Å². The first-order valence-electron chi connectivity index (χ1n) is 5.86. The van der Waals surface area contributed by atoms with E-state index in [1.54, 1.807) is 6.20 Å². The zero-order valence-electron chi connectivity index (χ0n) is 10.6. The van der Waals surface area contributed by atoms with Gasteiger partial charge in [-0.15, -0.1) is 24.8 Å². The molecule has 2 rings (SSSR count). The highest BCUT2D eigenvalue weighted by atomic mass is 35.5. The molecule has 1 N–H and O–H groups in total. The number of carboxylic acids is 1. The number of hydrogen-bond donors (Lipinski definition) is 1. The van der Waals surface area contributed by atoms with Crippen LogP contribution in [0.2, 0.25) is 0 Å². The Kier molecular flexibility index (Phi) is 8.47. The maximum atomic E-state index is 10.5. The summed E-state index contributed by atoms with van der Waals surface area (Å²) in [7, 11) is 0. The van der Waals surface area contributed by atoms with Crippen LogP contribution < -0.4 is 4.90 Å². The molecule has 0 radical (unpaired) electrons. The molecule has 0 aliphatic carbocycles. The average Bonchev–Trinajstić information content (AvgIpc) is 2.38. The predicted octanol–water partition coefficient (Wildman–Crippen LogP) is 1.52. The van der Waals surface area contributed by atoms with E-state index in [4.69, 9.17) is 5.11 Å². The number of aromatic nitrogens is 1. The van der Waals surface area contributed by atoms with Crippen LogP contribution >= 0.6 is 24.8 Å². The first-order chi connectivity index (χ1) is 8.25. The van der Waals surface area contributed by atoms with Crippen LogP contribution in [0.5, 0.6) is 0 Å². The Morgan fingerprint density at radius 1 is 1.21 bits per heavy atom. The van der Waals surface area contributed by atoms with E-state index in [0.29, 0.717) is 6.54 Å². The van der Waals surface area contributed by atoms with Crippen LogP contribution in [0, 0.1) is 0 Å². The van der Waals surface area contributed by atoms with Crippen LogP contribution in [0.4, 0.5) is 5.82 Å². The van der Waals surface area contributed by atoms with Crippen LogP contribution in [-0.2, 0) is 4.79 Å². The lowest BCUT2D eigenvalue weighted by Crippen LogP contribution is -2.47. The van der Waals surface area contributed by atoms with Crippen molar-refractivity contribution in [2.24, 2.45) is 0 Å².